The summed E-state index contributed by atoms with van der Waals surface area (Å²) in [7, 11) is 0. The average Bonchev–Trinajstić information content (AvgIpc) is 3.00. The number of rotatable bonds is 5. The minimum atomic E-state index is -0.275. The summed E-state index contributed by atoms with van der Waals surface area (Å²) in [4.78, 5) is 4.34. The van der Waals surface area contributed by atoms with Crippen LogP contribution in [-0.2, 0) is 0 Å². The van der Waals surface area contributed by atoms with Crippen molar-refractivity contribution in [3.63, 3.8) is 0 Å². The monoisotopic (exact) mass is 283 g/mol. The first-order valence-corrected chi connectivity index (χ1v) is 7.24. The molecule has 21 heavy (non-hydrogen) atoms. The molecule has 0 aliphatic heterocycles. The Morgan fingerprint density at radius 3 is 2.86 bits per heavy atom. The zero-order valence-electron chi connectivity index (χ0n) is 12.2. The Morgan fingerprint density at radius 2 is 2.29 bits per heavy atom. The van der Waals surface area contributed by atoms with E-state index in [4.69, 9.17) is 0 Å². The van der Waals surface area contributed by atoms with E-state index in [1.54, 1.807) is 18.3 Å². The molecule has 1 heterocycles. The molecular formula is C16H21N5. The lowest BCUT2D eigenvalue weighted by molar-refractivity contribution is 0.263. The smallest absolute Gasteiger partial charge is 0.150 e. The second-order valence-corrected chi connectivity index (χ2v) is 5.50. The van der Waals surface area contributed by atoms with E-state index in [2.05, 4.69) is 39.7 Å². The summed E-state index contributed by atoms with van der Waals surface area (Å²) >= 11 is 0. The van der Waals surface area contributed by atoms with Gasteiger partial charge >= 0.3 is 0 Å². The van der Waals surface area contributed by atoms with E-state index in [1.807, 2.05) is 0 Å². The molecule has 2 N–H and O–H groups in total. The number of aromatic nitrogens is 2. The molecule has 5 heteroatoms. The van der Waals surface area contributed by atoms with Crippen LogP contribution in [0.2, 0.25) is 0 Å². The highest BCUT2D eigenvalue weighted by Crippen LogP contribution is 2.40. The molecule has 1 aromatic heterocycles. The average molecular weight is 283 g/mol. The minimum absolute atomic E-state index is 0.275. The van der Waals surface area contributed by atoms with Crippen molar-refractivity contribution in [2.45, 2.75) is 38.5 Å². The molecule has 0 spiro atoms. The lowest BCUT2D eigenvalue weighted by atomic mass is 9.72. The molecule has 1 aliphatic carbocycles. The summed E-state index contributed by atoms with van der Waals surface area (Å²) in [5, 5.41) is 19.3. The van der Waals surface area contributed by atoms with Crippen molar-refractivity contribution in [2.24, 2.45) is 10.4 Å². The van der Waals surface area contributed by atoms with Crippen molar-refractivity contribution in [3.8, 4) is 6.07 Å². The first-order chi connectivity index (χ1) is 10.2. The molecular weight excluding hydrogens is 262 g/mol. The number of nitriles is 1. The molecule has 5 nitrogen and oxygen atoms in total. The van der Waals surface area contributed by atoms with Crippen molar-refractivity contribution < 1.29 is 0 Å². The summed E-state index contributed by atoms with van der Waals surface area (Å²) in [6, 6.07) is 4.27. The maximum atomic E-state index is 9.51. The molecule has 1 saturated carbocycles. The van der Waals surface area contributed by atoms with Gasteiger partial charge < -0.3 is 5.32 Å². The fourth-order valence-corrected chi connectivity index (χ4v) is 2.76. The van der Waals surface area contributed by atoms with Crippen LogP contribution in [0.15, 0.2) is 42.2 Å². The van der Waals surface area contributed by atoms with Gasteiger partial charge in [-0.1, -0.05) is 32.4 Å². The third kappa shape index (κ3) is 4.06. The molecule has 1 aliphatic rings. The number of H-pyrrole nitrogens is 1. The van der Waals surface area contributed by atoms with E-state index in [9.17, 15) is 5.26 Å². The zero-order valence-corrected chi connectivity index (χ0v) is 12.2. The fraction of sp³-hybridized carbons (Fsp3) is 0.438. The van der Waals surface area contributed by atoms with E-state index in [0.717, 1.165) is 31.4 Å². The number of amidine groups is 1. The fourth-order valence-electron chi connectivity index (χ4n) is 2.76. The molecule has 0 amide bonds. The van der Waals surface area contributed by atoms with Crippen molar-refractivity contribution >= 4 is 11.7 Å². The summed E-state index contributed by atoms with van der Waals surface area (Å²) in [6.45, 7) is 7.79. The Labute approximate surface area is 125 Å². The van der Waals surface area contributed by atoms with Crippen molar-refractivity contribution in [1.82, 2.24) is 15.5 Å². The van der Waals surface area contributed by atoms with Gasteiger partial charge in [0.15, 0.2) is 0 Å². The molecule has 1 aromatic rings. The Kier molecular flexibility index (Phi) is 4.94. The van der Waals surface area contributed by atoms with E-state index >= 15 is 0 Å². The third-order valence-corrected chi connectivity index (χ3v) is 3.82. The number of hydrogen-bond acceptors (Lipinski definition) is 3. The molecule has 0 aromatic carbocycles. The standard InChI is InChI=1S/C16H21N5/c1-3-14(20-15-7-10-18-21-15)19-13(2)11-16(12-17)8-5-4-6-9-16/h3,7,10H,1-2,4-6,8-9,11H2,(H2,18,19,20,21). The first kappa shape index (κ1) is 15.0. The highest BCUT2D eigenvalue weighted by molar-refractivity contribution is 5.95. The summed E-state index contributed by atoms with van der Waals surface area (Å²) in [6.07, 6.45) is 9.29. The lowest BCUT2D eigenvalue weighted by Gasteiger charge is -2.31. The maximum Gasteiger partial charge on any atom is 0.150 e. The summed E-state index contributed by atoms with van der Waals surface area (Å²) in [5.41, 5.74) is 0.527. The molecule has 0 unspecified atom stereocenters. The van der Waals surface area contributed by atoms with E-state index in [1.165, 1.54) is 6.42 Å². The van der Waals surface area contributed by atoms with Gasteiger partial charge in [0, 0.05) is 18.2 Å². The Morgan fingerprint density at radius 1 is 1.52 bits per heavy atom. The first-order valence-electron chi connectivity index (χ1n) is 7.24. The van der Waals surface area contributed by atoms with Crippen LogP contribution >= 0.6 is 0 Å². The van der Waals surface area contributed by atoms with Crippen LogP contribution in [0.1, 0.15) is 38.5 Å². The van der Waals surface area contributed by atoms with Crippen molar-refractivity contribution in [1.29, 1.82) is 5.26 Å². The summed E-state index contributed by atoms with van der Waals surface area (Å²) in [5.74, 6) is 1.26. The molecule has 0 radical (unpaired) electrons. The van der Waals surface area contributed by atoms with Gasteiger partial charge in [-0.3, -0.25) is 5.10 Å². The van der Waals surface area contributed by atoms with Gasteiger partial charge in [0.25, 0.3) is 0 Å². The van der Waals surface area contributed by atoms with Crippen molar-refractivity contribution in [3.05, 3.63) is 37.2 Å². The van der Waals surface area contributed by atoms with Gasteiger partial charge in [-0.15, -0.1) is 0 Å². The molecule has 1 fully saturated rings. The SMILES string of the molecule is C=C/C(=N/c1ccn[nH]1)NC(=C)CC1(C#N)CCCCC1. The largest absolute Gasteiger partial charge is 0.344 e. The van der Waals surface area contributed by atoms with Gasteiger partial charge in [-0.05, 0) is 18.9 Å². The molecule has 0 atom stereocenters. The Hall–Kier alpha value is -2.35. The number of hydrogen-bond donors (Lipinski definition) is 2. The topological polar surface area (TPSA) is 76.9 Å². The normalized spacial score (nSPS) is 17.8. The van der Waals surface area contributed by atoms with Crippen LogP contribution in [-0.4, -0.2) is 16.0 Å². The Bertz CT molecular complexity index is 556. The van der Waals surface area contributed by atoms with Gasteiger partial charge in [0.05, 0.1) is 17.7 Å². The third-order valence-electron chi connectivity index (χ3n) is 3.82. The molecule has 110 valence electrons. The highest BCUT2D eigenvalue weighted by atomic mass is 15.2. The van der Waals surface area contributed by atoms with Crippen LogP contribution in [0, 0.1) is 16.7 Å². The maximum absolute atomic E-state index is 9.51. The van der Waals surface area contributed by atoms with Crippen LogP contribution in [0.3, 0.4) is 0 Å². The van der Waals surface area contributed by atoms with E-state index in [-0.39, 0.29) is 5.41 Å². The predicted molar refractivity (Wildman–Crippen MR) is 83.9 cm³/mol. The number of aromatic amines is 1. The number of nitrogens with one attached hydrogen (secondary N) is 2. The number of nitrogens with zero attached hydrogens (tertiary/aromatic N) is 3. The van der Waals surface area contributed by atoms with Gasteiger partial charge in [-0.25, -0.2) is 4.99 Å². The molecule has 0 bridgehead atoms. The minimum Gasteiger partial charge on any atom is -0.344 e. The van der Waals surface area contributed by atoms with Crippen LogP contribution in [0.5, 0.6) is 0 Å². The van der Waals surface area contributed by atoms with Gasteiger partial charge in [0.2, 0.25) is 0 Å². The number of aliphatic imine (C=N–C) groups is 1. The summed E-state index contributed by atoms with van der Waals surface area (Å²) < 4.78 is 0. The van der Waals surface area contributed by atoms with Gasteiger partial charge in [-0.2, -0.15) is 10.4 Å². The quantitative estimate of drug-likeness (QED) is 0.640. The lowest BCUT2D eigenvalue weighted by Crippen LogP contribution is -2.28. The highest BCUT2D eigenvalue weighted by Gasteiger charge is 2.32. The Balaban J connectivity index is 2.00. The molecule has 0 saturated heterocycles. The second-order valence-electron chi connectivity index (χ2n) is 5.50. The van der Waals surface area contributed by atoms with Crippen LogP contribution in [0.4, 0.5) is 5.82 Å². The van der Waals surface area contributed by atoms with E-state index in [0.29, 0.717) is 18.1 Å². The van der Waals surface area contributed by atoms with Crippen LogP contribution in [0.25, 0.3) is 0 Å². The molecule has 2 rings (SSSR count). The predicted octanol–water partition coefficient (Wildman–Crippen LogP) is 3.59. The second kappa shape index (κ2) is 6.89. The van der Waals surface area contributed by atoms with Crippen molar-refractivity contribution in [2.75, 3.05) is 0 Å². The number of allylic oxidation sites excluding steroid dienone is 1. The van der Waals surface area contributed by atoms with Crippen LogP contribution < -0.4 is 5.32 Å². The van der Waals surface area contributed by atoms with E-state index < -0.39 is 0 Å². The van der Waals surface area contributed by atoms with Gasteiger partial charge in [0.1, 0.15) is 11.7 Å². The zero-order chi connectivity index (χ0) is 15.1.